The number of hydrogen-bond donors (Lipinski definition) is 2. The molecule has 1 aliphatic rings. The maximum atomic E-state index is 12.0. The Morgan fingerprint density at radius 1 is 1.44 bits per heavy atom. The third kappa shape index (κ3) is 2.76. The first-order chi connectivity index (χ1) is 8.58. The summed E-state index contributed by atoms with van der Waals surface area (Å²) in [5, 5.41) is 2.96. The van der Waals surface area contributed by atoms with Gasteiger partial charge in [0.25, 0.3) is 11.5 Å². The molecule has 1 aromatic heterocycles. The van der Waals surface area contributed by atoms with Gasteiger partial charge in [-0.3, -0.25) is 14.6 Å². The molecule has 98 valence electrons. The normalized spacial score (nSPS) is 23.3. The van der Waals surface area contributed by atoms with Crippen LogP contribution in [0.5, 0.6) is 0 Å². The van der Waals surface area contributed by atoms with Gasteiger partial charge in [-0.25, -0.2) is 0 Å². The Morgan fingerprint density at radius 3 is 2.89 bits per heavy atom. The molecule has 18 heavy (non-hydrogen) atoms. The van der Waals surface area contributed by atoms with E-state index >= 15 is 0 Å². The third-order valence-corrected chi connectivity index (χ3v) is 3.36. The van der Waals surface area contributed by atoms with Crippen LogP contribution < -0.4 is 10.9 Å². The highest BCUT2D eigenvalue weighted by Crippen LogP contribution is 2.22. The quantitative estimate of drug-likeness (QED) is 0.790. The lowest BCUT2D eigenvalue weighted by Crippen LogP contribution is -2.46. The van der Waals surface area contributed by atoms with Crippen LogP contribution in [0.4, 0.5) is 0 Å². The Labute approximate surface area is 105 Å². The summed E-state index contributed by atoms with van der Waals surface area (Å²) in [6, 6.07) is 0.494. The number of aromatic nitrogens is 2. The molecule has 2 N–H and O–H groups in total. The van der Waals surface area contributed by atoms with Gasteiger partial charge in [0.15, 0.2) is 0 Å². The molecule has 0 spiro atoms. The fourth-order valence-corrected chi connectivity index (χ4v) is 2.47. The standard InChI is InChI=1S/C12H18N4O2/c1-16(2)10-5-3-4-8(10)15-12(18)9-6-13-7-11(17)14-9/h6-8,10H,3-5H2,1-2H3,(H,14,17)(H,15,18)/t8-,10-/m1/s1. The van der Waals surface area contributed by atoms with E-state index in [1.807, 2.05) is 14.1 Å². The number of carbonyl (C=O) groups excluding carboxylic acids is 1. The molecule has 0 aliphatic heterocycles. The molecule has 1 aliphatic carbocycles. The molecule has 1 heterocycles. The Morgan fingerprint density at radius 2 is 2.22 bits per heavy atom. The highest BCUT2D eigenvalue weighted by molar-refractivity contribution is 5.92. The molecular formula is C12H18N4O2. The topological polar surface area (TPSA) is 78.1 Å². The van der Waals surface area contributed by atoms with E-state index in [0.29, 0.717) is 6.04 Å². The van der Waals surface area contributed by atoms with Gasteiger partial charge < -0.3 is 15.2 Å². The van der Waals surface area contributed by atoms with E-state index < -0.39 is 0 Å². The molecular weight excluding hydrogens is 232 g/mol. The number of carbonyl (C=O) groups is 1. The molecule has 1 fully saturated rings. The summed E-state index contributed by atoms with van der Waals surface area (Å²) in [5.74, 6) is -0.265. The molecule has 0 bridgehead atoms. The van der Waals surface area contributed by atoms with E-state index in [2.05, 4.69) is 20.2 Å². The minimum Gasteiger partial charge on any atom is -0.346 e. The van der Waals surface area contributed by atoms with Gasteiger partial charge in [-0.05, 0) is 33.4 Å². The molecule has 2 rings (SSSR count). The SMILES string of the molecule is CN(C)[C@@H]1CCC[C@H]1NC(=O)c1cncc(=O)[nH]1. The van der Waals surface area contributed by atoms with Crippen molar-refractivity contribution in [2.75, 3.05) is 14.1 Å². The molecule has 0 aromatic carbocycles. The van der Waals surface area contributed by atoms with Gasteiger partial charge in [0.05, 0.1) is 12.4 Å². The van der Waals surface area contributed by atoms with Crippen LogP contribution in [0, 0.1) is 0 Å². The first-order valence-electron chi connectivity index (χ1n) is 6.09. The zero-order valence-corrected chi connectivity index (χ0v) is 10.6. The minimum absolute atomic E-state index is 0.135. The second-order valence-corrected chi connectivity index (χ2v) is 4.85. The van der Waals surface area contributed by atoms with Gasteiger partial charge in [-0.1, -0.05) is 0 Å². The van der Waals surface area contributed by atoms with Crippen LogP contribution in [-0.2, 0) is 0 Å². The maximum absolute atomic E-state index is 12.0. The van der Waals surface area contributed by atoms with Crippen LogP contribution in [-0.4, -0.2) is 47.0 Å². The summed E-state index contributed by atoms with van der Waals surface area (Å²) in [4.78, 5) is 31.4. The van der Waals surface area contributed by atoms with E-state index in [1.54, 1.807) is 0 Å². The van der Waals surface area contributed by atoms with E-state index in [0.717, 1.165) is 25.5 Å². The van der Waals surface area contributed by atoms with Crippen molar-refractivity contribution in [1.29, 1.82) is 0 Å². The summed E-state index contributed by atoms with van der Waals surface area (Å²) in [5.41, 5.74) is -0.148. The molecule has 1 amide bonds. The van der Waals surface area contributed by atoms with Crippen molar-refractivity contribution in [3.63, 3.8) is 0 Å². The van der Waals surface area contributed by atoms with Gasteiger partial charge >= 0.3 is 0 Å². The fraction of sp³-hybridized carbons (Fsp3) is 0.583. The van der Waals surface area contributed by atoms with E-state index in [4.69, 9.17) is 0 Å². The number of nitrogens with one attached hydrogen (secondary N) is 2. The zero-order valence-electron chi connectivity index (χ0n) is 10.6. The maximum Gasteiger partial charge on any atom is 0.269 e. The predicted molar refractivity (Wildman–Crippen MR) is 67.4 cm³/mol. The number of aromatic amines is 1. The monoisotopic (exact) mass is 250 g/mol. The Hall–Kier alpha value is -1.69. The van der Waals surface area contributed by atoms with E-state index in [9.17, 15) is 9.59 Å². The molecule has 1 saturated carbocycles. The summed E-state index contributed by atoms with van der Waals surface area (Å²) < 4.78 is 0. The van der Waals surface area contributed by atoms with Crippen LogP contribution in [0.2, 0.25) is 0 Å². The lowest BCUT2D eigenvalue weighted by atomic mass is 10.1. The summed E-state index contributed by atoms with van der Waals surface area (Å²) in [7, 11) is 4.03. The largest absolute Gasteiger partial charge is 0.346 e. The summed E-state index contributed by atoms with van der Waals surface area (Å²) >= 11 is 0. The number of nitrogens with zero attached hydrogens (tertiary/aromatic N) is 2. The van der Waals surface area contributed by atoms with Gasteiger partial charge in [-0.15, -0.1) is 0 Å². The summed E-state index contributed by atoms with van der Waals surface area (Å²) in [6.07, 6.45) is 5.68. The minimum atomic E-state index is -0.363. The molecule has 6 nitrogen and oxygen atoms in total. The molecule has 1 aromatic rings. The van der Waals surface area contributed by atoms with Crippen molar-refractivity contribution in [2.45, 2.75) is 31.3 Å². The van der Waals surface area contributed by atoms with Gasteiger partial charge in [0, 0.05) is 12.1 Å². The highest BCUT2D eigenvalue weighted by Gasteiger charge is 2.30. The second-order valence-electron chi connectivity index (χ2n) is 4.85. The zero-order chi connectivity index (χ0) is 13.1. The number of rotatable bonds is 3. The van der Waals surface area contributed by atoms with Crippen molar-refractivity contribution in [2.24, 2.45) is 0 Å². The van der Waals surface area contributed by atoms with Crippen molar-refractivity contribution >= 4 is 5.91 Å². The van der Waals surface area contributed by atoms with Crippen molar-refractivity contribution in [1.82, 2.24) is 20.2 Å². The lowest BCUT2D eigenvalue weighted by Gasteiger charge is -2.26. The highest BCUT2D eigenvalue weighted by atomic mass is 16.2. The lowest BCUT2D eigenvalue weighted by molar-refractivity contribution is 0.0913. The van der Waals surface area contributed by atoms with Crippen LogP contribution in [0.15, 0.2) is 17.2 Å². The first kappa shape index (κ1) is 12.8. The molecule has 0 saturated heterocycles. The number of likely N-dealkylation sites (N-methyl/N-ethyl adjacent to an activating group) is 1. The van der Waals surface area contributed by atoms with E-state index in [-0.39, 0.29) is 23.2 Å². The first-order valence-corrected chi connectivity index (χ1v) is 6.09. The average molecular weight is 250 g/mol. The Bertz CT molecular complexity index is 483. The van der Waals surface area contributed by atoms with Crippen molar-refractivity contribution < 1.29 is 4.79 Å². The van der Waals surface area contributed by atoms with Crippen molar-refractivity contribution in [3.05, 3.63) is 28.4 Å². The molecule has 0 unspecified atom stereocenters. The Kier molecular flexibility index (Phi) is 3.76. The average Bonchev–Trinajstić information content (AvgIpc) is 2.77. The van der Waals surface area contributed by atoms with Crippen LogP contribution in [0.3, 0.4) is 0 Å². The van der Waals surface area contributed by atoms with Gasteiger partial charge in [-0.2, -0.15) is 0 Å². The third-order valence-electron chi connectivity index (χ3n) is 3.36. The smallest absolute Gasteiger partial charge is 0.269 e. The van der Waals surface area contributed by atoms with Gasteiger partial charge in [0.1, 0.15) is 5.69 Å². The van der Waals surface area contributed by atoms with Crippen molar-refractivity contribution in [3.8, 4) is 0 Å². The molecule has 2 atom stereocenters. The number of hydrogen-bond acceptors (Lipinski definition) is 4. The van der Waals surface area contributed by atoms with Crippen LogP contribution >= 0.6 is 0 Å². The predicted octanol–water partition coefficient (Wildman–Crippen LogP) is -0.0176. The number of H-pyrrole nitrogens is 1. The van der Waals surface area contributed by atoms with E-state index in [1.165, 1.54) is 6.20 Å². The second kappa shape index (κ2) is 5.30. The van der Waals surface area contributed by atoms with Crippen LogP contribution in [0.25, 0.3) is 0 Å². The number of amides is 1. The Balaban J connectivity index is 2.05. The van der Waals surface area contributed by atoms with Gasteiger partial charge in [0.2, 0.25) is 0 Å². The van der Waals surface area contributed by atoms with Crippen LogP contribution in [0.1, 0.15) is 29.8 Å². The molecule has 0 radical (unpaired) electrons. The fourth-order valence-electron chi connectivity index (χ4n) is 2.47. The summed E-state index contributed by atoms with van der Waals surface area (Å²) in [6.45, 7) is 0. The molecule has 6 heteroatoms.